The fourth-order valence-electron chi connectivity index (χ4n) is 2.78. The second-order valence-corrected chi connectivity index (χ2v) is 7.06. The number of nitrogens with one attached hydrogen (secondary N) is 1. The van der Waals surface area contributed by atoms with Gasteiger partial charge in [-0.3, -0.25) is 4.79 Å². The van der Waals surface area contributed by atoms with Crippen LogP contribution in [0.1, 0.15) is 25.7 Å². The van der Waals surface area contributed by atoms with Crippen LogP contribution in [-0.4, -0.2) is 29.8 Å². The molecule has 0 fully saturated rings. The first kappa shape index (κ1) is 20.9. The van der Waals surface area contributed by atoms with Crippen LogP contribution in [0.5, 0.6) is 11.5 Å². The third-order valence-corrected chi connectivity index (χ3v) is 4.68. The molecule has 0 aliphatic rings. The number of para-hydroxylation sites is 1. The Kier molecular flexibility index (Phi) is 7.24. The molecule has 0 aliphatic heterocycles. The molecule has 0 saturated carbocycles. The highest BCUT2D eigenvalue weighted by molar-refractivity contribution is 9.10. The van der Waals surface area contributed by atoms with Crippen LogP contribution in [-0.2, 0) is 11.2 Å². The lowest BCUT2D eigenvalue weighted by molar-refractivity contribution is -0.116. The van der Waals surface area contributed by atoms with Gasteiger partial charge in [0.25, 0.3) is 0 Å². The molecule has 0 unspecified atom stereocenters. The van der Waals surface area contributed by atoms with Crippen molar-refractivity contribution >= 4 is 27.5 Å². The highest BCUT2D eigenvalue weighted by Crippen LogP contribution is 2.39. The van der Waals surface area contributed by atoms with Gasteiger partial charge in [0.05, 0.1) is 18.2 Å². The maximum atomic E-state index is 12.0. The quantitative estimate of drug-likeness (QED) is 0.491. The number of hydrogen-bond acceptors (Lipinski definition) is 6. The zero-order chi connectivity index (χ0) is 20.6. The van der Waals surface area contributed by atoms with Crippen LogP contribution in [0.25, 0.3) is 11.4 Å². The number of ether oxygens (including phenoxy) is 2. The van der Waals surface area contributed by atoms with Gasteiger partial charge >= 0.3 is 0 Å². The van der Waals surface area contributed by atoms with Gasteiger partial charge in [0.1, 0.15) is 0 Å². The molecule has 1 heterocycles. The average molecular weight is 460 g/mol. The third kappa shape index (κ3) is 5.57. The van der Waals surface area contributed by atoms with Gasteiger partial charge < -0.3 is 19.3 Å². The number of benzene rings is 2. The fraction of sp³-hybridized carbons (Fsp3) is 0.286. The molecule has 29 heavy (non-hydrogen) atoms. The summed E-state index contributed by atoms with van der Waals surface area (Å²) in [5.41, 5.74) is 1.53. The van der Waals surface area contributed by atoms with Crippen molar-refractivity contribution in [1.29, 1.82) is 0 Å². The van der Waals surface area contributed by atoms with Crippen molar-refractivity contribution in [3.05, 3.63) is 52.8 Å². The van der Waals surface area contributed by atoms with Crippen LogP contribution in [0.15, 0.2) is 51.5 Å². The Hall–Kier alpha value is -2.87. The van der Waals surface area contributed by atoms with Crippen LogP contribution in [0.2, 0.25) is 0 Å². The normalized spacial score (nSPS) is 10.6. The minimum Gasteiger partial charge on any atom is -0.492 e. The van der Waals surface area contributed by atoms with E-state index in [1.165, 1.54) is 0 Å². The van der Waals surface area contributed by atoms with Crippen molar-refractivity contribution in [2.45, 2.75) is 26.2 Å². The Morgan fingerprint density at radius 2 is 2.03 bits per heavy atom. The molecule has 7 nitrogen and oxygen atoms in total. The molecule has 0 saturated heterocycles. The second kappa shape index (κ2) is 10.1. The number of carbonyl (C=O) groups excluding carboxylic acids is 1. The Balaban J connectivity index is 1.60. The van der Waals surface area contributed by atoms with Gasteiger partial charge in [-0.25, -0.2) is 0 Å². The molecule has 0 bridgehead atoms. The van der Waals surface area contributed by atoms with Crippen molar-refractivity contribution in [3.63, 3.8) is 0 Å². The summed E-state index contributed by atoms with van der Waals surface area (Å²) in [5.74, 6) is 2.11. The van der Waals surface area contributed by atoms with Crippen LogP contribution < -0.4 is 14.8 Å². The topological polar surface area (TPSA) is 86.5 Å². The number of anilines is 1. The number of aryl methyl sites for hydroxylation is 1. The van der Waals surface area contributed by atoms with Gasteiger partial charge in [-0.15, -0.1) is 0 Å². The lowest BCUT2D eigenvalue weighted by Crippen LogP contribution is -2.11. The fourth-order valence-corrected chi connectivity index (χ4v) is 3.38. The van der Waals surface area contributed by atoms with Crippen LogP contribution in [0, 0.1) is 0 Å². The summed E-state index contributed by atoms with van der Waals surface area (Å²) >= 11 is 3.48. The van der Waals surface area contributed by atoms with Crippen LogP contribution in [0.3, 0.4) is 0 Å². The molecule has 1 aromatic heterocycles. The summed E-state index contributed by atoms with van der Waals surface area (Å²) < 4.78 is 17.1. The van der Waals surface area contributed by atoms with E-state index in [1.807, 2.05) is 49.4 Å². The van der Waals surface area contributed by atoms with Crippen LogP contribution >= 0.6 is 15.9 Å². The molecule has 1 amide bonds. The second-order valence-electron chi connectivity index (χ2n) is 6.20. The first-order valence-corrected chi connectivity index (χ1v) is 10.1. The van der Waals surface area contributed by atoms with Gasteiger partial charge in [-0.05, 0) is 53.5 Å². The van der Waals surface area contributed by atoms with E-state index < -0.39 is 0 Å². The Labute approximate surface area is 177 Å². The summed E-state index contributed by atoms with van der Waals surface area (Å²) in [4.78, 5) is 16.5. The van der Waals surface area contributed by atoms with Crippen molar-refractivity contribution in [3.8, 4) is 22.9 Å². The Morgan fingerprint density at radius 1 is 1.24 bits per heavy atom. The first-order valence-electron chi connectivity index (χ1n) is 9.29. The minimum atomic E-state index is -0.0450. The number of methoxy groups -OCH3 is 1. The Morgan fingerprint density at radius 3 is 2.76 bits per heavy atom. The maximum Gasteiger partial charge on any atom is 0.226 e. The van der Waals surface area contributed by atoms with Crippen molar-refractivity contribution < 1.29 is 18.8 Å². The third-order valence-electron chi connectivity index (χ3n) is 4.09. The molecule has 0 radical (unpaired) electrons. The maximum absolute atomic E-state index is 12.0. The van der Waals surface area contributed by atoms with Gasteiger partial charge in [0.2, 0.25) is 17.6 Å². The van der Waals surface area contributed by atoms with Gasteiger partial charge in [0, 0.05) is 24.1 Å². The number of aromatic nitrogens is 2. The Bertz CT molecular complexity index is 960. The van der Waals surface area contributed by atoms with E-state index in [1.54, 1.807) is 7.11 Å². The van der Waals surface area contributed by atoms with E-state index in [9.17, 15) is 4.79 Å². The molecular weight excluding hydrogens is 438 g/mol. The van der Waals surface area contributed by atoms with Crippen molar-refractivity contribution in [1.82, 2.24) is 10.1 Å². The van der Waals surface area contributed by atoms with E-state index in [-0.39, 0.29) is 5.91 Å². The smallest absolute Gasteiger partial charge is 0.226 e. The summed E-state index contributed by atoms with van der Waals surface area (Å²) in [6.07, 6.45) is 1.50. The van der Waals surface area contributed by atoms with Gasteiger partial charge in [-0.2, -0.15) is 4.98 Å². The molecule has 3 aromatic rings. The summed E-state index contributed by atoms with van der Waals surface area (Å²) in [6, 6.07) is 13.0. The van der Waals surface area contributed by atoms with E-state index in [4.69, 9.17) is 14.0 Å². The number of hydrogen-bond donors (Lipinski definition) is 1. The molecule has 2 aromatic carbocycles. The van der Waals surface area contributed by atoms with Crippen molar-refractivity contribution in [2.75, 3.05) is 19.0 Å². The molecule has 3 rings (SSSR count). The summed E-state index contributed by atoms with van der Waals surface area (Å²) in [7, 11) is 1.59. The number of rotatable bonds is 9. The predicted octanol–water partition coefficient (Wildman–Crippen LogP) is 4.87. The molecule has 8 heteroatoms. The molecule has 0 aliphatic carbocycles. The van der Waals surface area contributed by atoms with Crippen molar-refractivity contribution in [2.24, 2.45) is 0 Å². The monoisotopic (exact) mass is 459 g/mol. The largest absolute Gasteiger partial charge is 0.492 e. The molecular formula is C21H22BrN3O4. The first-order chi connectivity index (χ1) is 14.1. The molecule has 0 spiro atoms. The number of amides is 1. The summed E-state index contributed by atoms with van der Waals surface area (Å²) in [5, 5.41) is 6.90. The standard InChI is InChI=1S/C21H22BrN3O4/c1-3-28-17-13-14(12-16(22)20(17)27-2)21-24-19(29-25-21)11-7-10-18(26)23-15-8-5-4-6-9-15/h4-6,8-9,12-13H,3,7,10-11H2,1-2H3,(H,23,26). The zero-order valence-corrected chi connectivity index (χ0v) is 17.9. The SMILES string of the molecule is CCOc1cc(-c2noc(CCCC(=O)Nc3ccccc3)n2)cc(Br)c1OC. The lowest BCUT2D eigenvalue weighted by atomic mass is 10.2. The van der Waals surface area contributed by atoms with E-state index in [0.29, 0.717) is 49.1 Å². The average Bonchev–Trinajstić information content (AvgIpc) is 3.18. The highest BCUT2D eigenvalue weighted by atomic mass is 79.9. The number of carbonyl (C=O) groups is 1. The lowest BCUT2D eigenvalue weighted by Gasteiger charge is -2.12. The number of nitrogens with zero attached hydrogens (tertiary/aromatic N) is 2. The highest BCUT2D eigenvalue weighted by Gasteiger charge is 2.16. The van der Waals surface area contributed by atoms with Crippen LogP contribution in [0.4, 0.5) is 5.69 Å². The van der Waals surface area contributed by atoms with E-state index in [0.717, 1.165) is 15.7 Å². The molecule has 1 N–H and O–H groups in total. The zero-order valence-electron chi connectivity index (χ0n) is 16.3. The minimum absolute atomic E-state index is 0.0450. The van der Waals surface area contributed by atoms with Gasteiger partial charge in [0.15, 0.2) is 11.5 Å². The predicted molar refractivity (Wildman–Crippen MR) is 113 cm³/mol. The van der Waals surface area contributed by atoms with Gasteiger partial charge in [-0.1, -0.05) is 23.4 Å². The molecule has 0 atom stereocenters. The summed E-state index contributed by atoms with van der Waals surface area (Å²) in [6.45, 7) is 2.41. The van der Waals surface area contributed by atoms with E-state index >= 15 is 0 Å². The van der Waals surface area contributed by atoms with E-state index in [2.05, 4.69) is 31.4 Å². The number of halogens is 1. The molecule has 152 valence electrons.